The summed E-state index contributed by atoms with van der Waals surface area (Å²) in [5.74, 6) is 0.158. The molecule has 3 heteroatoms. The van der Waals surface area contributed by atoms with Gasteiger partial charge in [0, 0.05) is 13.0 Å². The molecule has 0 saturated carbocycles. The van der Waals surface area contributed by atoms with Crippen LogP contribution in [0, 0.1) is 0 Å². The molecule has 0 aromatic rings. The number of piperidine rings is 1. The van der Waals surface area contributed by atoms with Crippen molar-refractivity contribution in [2.75, 3.05) is 13.2 Å². The first-order chi connectivity index (χ1) is 6.79. The minimum absolute atomic E-state index is 0.0905. The maximum atomic E-state index is 11.5. The lowest BCUT2D eigenvalue weighted by Crippen LogP contribution is -2.45. The predicted molar refractivity (Wildman–Crippen MR) is 55.7 cm³/mol. The van der Waals surface area contributed by atoms with Crippen molar-refractivity contribution in [3.05, 3.63) is 25.3 Å². The summed E-state index contributed by atoms with van der Waals surface area (Å²) in [7, 11) is 0. The van der Waals surface area contributed by atoms with E-state index in [2.05, 4.69) is 13.2 Å². The van der Waals surface area contributed by atoms with Gasteiger partial charge in [-0.3, -0.25) is 4.79 Å². The fourth-order valence-electron chi connectivity index (χ4n) is 1.60. The third-order valence-electron chi connectivity index (χ3n) is 2.24. The minimum atomic E-state index is -0.0905. The smallest absolute Gasteiger partial charge is 0.224 e. The Morgan fingerprint density at radius 1 is 1.50 bits per heavy atom. The van der Waals surface area contributed by atoms with Crippen LogP contribution in [0.2, 0.25) is 0 Å². The highest BCUT2D eigenvalue weighted by Gasteiger charge is 2.26. The first kappa shape index (κ1) is 11.0. The van der Waals surface area contributed by atoms with Crippen LogP contribution in [0.3, 0.4) is 0 Å². The van der Waals surface area contributed by atoms with Gasteiger partial charge >= 0.3 is 0 Å². The fourth-order valence-corrected chi connectivity index (χ4v) is 1.60. The van der Waals surface area contributed by atoms with Crippen LogP contribution < -0.4 is 0 Å². The van der Waals surface area contributed by atoms with Gasteiger partial charge in [-0.15, -0.1) is 13.2 Å². The van der Waals surface area contributed by atoms with E-state index in [9.17, 15) is 4.79 Å². The van der Waals surface area contributed by atoms with Crippen molar-refractivity contribution in [3.8, 4) is 0 Å². The SMILES string of the molecule is C=CCOC1CCCC(=O)N1CC=C. The van der Waals surface area contributed by atoms with E-state index in [1.807, 2.05) is 0 Å². The Morgan fingerprint density at radius 3 is 2.93 bits per heavy atom. The van der Waals surface area contributed by atoms with Gasteiger partial charge < -0.3 is 9.64 Å². The topological polar surface area (TPSA) is 29.5 Å². The van der Waals surface area contributed by atoms with Crippen molar-refractivity contribution < 1.29 is 9.53 Å². The summed E-state index contributed by atoms with van der Waals surface area (Å²) >= 11 is 0. The van der Waals surface area contributed by atoms with E-state index in [1.165, 1.54) is 0 Å². The third kappa shape index (κ3) is 2.70. The molecule has 0 aromatic heterocycles. The van der Waals surface area contributed by atoms with E-state index in [4.69, 9.17) is 4.74 Å². The van der Waals surface area contributed by atoms with E-state index in [0.29, 0.717) is 19.6 Å². The summed E-state index contributed by atoms with van der Waals surface area (Å²) in [5, 5.41) is 0. The Balaban J connectivity index is 2.54. The Hall–Kier alpha value is -1.09. The molecule has 0 bridgehead atoms. The van der Waals surface area contributed by atoms with Crippen molar-refractivity contribution >= 4 is 5.91 Å². The maximum absolute atomic E-state index is 11.5. The highest BCUT2D eigenvalue weighted by atomic mass is 16.5. The highest BCUT2D eigenvalue weighted by Crippen LogP contribution is 2.18. The number of hydrogen-bond acceptors (Lipinski definition) is 2. The molecule has 78 valence electrons. The molecule has 0 aliphatic carbocycles. The van der Waals surface area contributed by atoms with Crippen LogP contribution in [0.1, 0.15) is 19.3 Å². The second kappa shape index (κ2) is 5.60. The fraction of sp³-hybridized carbons (Fsp3) is 0.545. The van der Waals surface area contributed by atoms with Crippen molar-refractivity contribution in [2.45, 2.75) is 25.5 Å². The molecule has 1 rings (SSSR count). The molecule has 1 heterocycles. The van der Waals surface area contributed by atoms with Gasteiger partial charge in [-0.2, -0.15) is 0 Å². The molecule has 14 heavy (non-hydrogen) atoms. The van der Waals surface area contributed by atoms with Gasteiger partial charge in [-0.1, -0.05) is 12.2 Å². The van der Waals surface area contributed by atoms with E-state index in [-0.39, 0.29) is 12.1 Å². The van der Waals surface area contributed by atoms with Gasteiger partial charge in [0.25, 0.3) is 0 Å². The standard InChI is InChI=1S/C11H17NO2/c1-3-8-12-10(13)6-5-7-11(12)14-9-4-2/h3-4,11H,1-2,5-9H2. The molecule has 3 nitrogen and oxygen atoms in total. The normalized spacial score (nSPS) is 22.1. The molecule has 1 saturated heterocycles. The molecule has 1 amide bonds. The van der Waals surface area contributed by atoms with Gasteiger partial charge in [0.2, 0.25) is 5.91 Å². The zero-order valence-electron chi connectivity index (χ0n) is 8.45. The van der Waals surface area contributed by atoms with E-state index < -0.39 is 0 Å². The van der Waals surface area contributed by atoms with Crippen molar-refractivity contribution in [2.24, 2.45) is 0 Å². The Kier molecular flexibility index (Phi) is 4.40. The number of nitrogens with zero attached hydrogens (tertiary/aromatic N) is 1. The largest absolute Gasteiger partial charge is 0.354 e. The molecular weight excluding hydrogens is 178 g/mol. The van der Waals surface area contributed by atoms with E-state index in [0.717, 1.165) is 12.8 Å². The molecule has 1 aliphatic heterocycles. The molecule has 0 N–H and O–H groups in total. The van der Waals surface area contributed by atoms with Crippen LogP contribution in [-0.4, -0.2) is 30.2 Å². The molecule has 1 unspecified atom stereocenters. The molecule has 0 spiro atoms. The lowest BCUT2D eigenvalue weighted by atomic mass is 10.1. The van der Waals surface area contributed by atoms with Gasteiger partial charge in [0.15, 0.2) is 0 Å². The number of likely N-dealkylation sites (tertiary alicyclic amines) is 1. The summed E-state index contributed by atoms with van der Waals surface area (Å²) in [6.07, 6.45) is 5.79. The lowest BCUT2D eigenvalue weighted by Gasteiger charge is -2.34. The molecule has 0 radical (unpaired) electrons. The highest BCUT2D eigenvalue weighted by molar-refractivity contribution is 5.77. The van der Waals surface area contributed by atoms with Gasteiger partial charge in [-0.25, -0.2) is 0 Å². The summed E-state index contributed by atoms with van der Waals surface area (Å²) in [4.78, 5) is 13.3. The Morgan fingerprint density at radius 2 is 2.29 bits per heavy atom. The van der Waals surface area contributed by atoms with Crippen LogP contribution in [0.25, 0.3) is 0 Å². The first-order valence-electron chi connectivity index (χ1n) is 4.92. The van der Waals surface area contributed by atoms with Gasteiger partial charge in [-0.05, 0) is 12.8 Å². The van der Waals surface area contributed by atoms with Crippen LogP contribution >= 0.6 is 0 Å². The number of amides is 1. The zero-order valence-corrected chi connectivity index (χ0v) is 8.45. The molecule has 0 aromatic carbocycles. The Bertz CT molecular complexity index is 225. The number of carbonyl (C=O) groups is 1. The average Bonchev–Trinajstić information content (AvgIpc) is 2.19. The van der Waals surface area contributed by atoms with Crippen LogP contribution in [0.4, 0.5) is 0 Å². The second-order valence-corrected chi connectivity index (χ2v) is 3.30. The zero-order chi connectivity index (χ0) is 10.4. The van der Waals surface area contributed by atoms with Crippen molar-refractivity contribution in [3.63, 3.8) is 0 Å². The first-order valence-corrected chi connectivity index (χ1v) is 4.92. The quantitative estimate of drug-likeness (QED) is 0.625. The summed E-state index contributed by atoms with van der Waals surface area (Å²) < 4.78 is 5.51. The summed E-state index contributed by atoms with van der Waals surface area (Å²) in [6, 6.07) is 0. The van der Waals surface area contributed by atoms with E-state index >= 15 is 0 Å². The number of carbonyl (C=O) groups excluding carboxylic acids is 1. The van der Waals surface area contributed by atoms with Crippen LogP contribution in [0.15, 0.2) is 25.3 Å². The molecular formula is C11H17NO2. The summed E-state index contributed by atoms with van der Waals surface area (Å²) in [5.41, 5.74) is 0. The minimum Gasteiger partial charge on any atom is -0.354 e. The summed E-state index contributed by atoms with van der Waals surface area (Å²) in [6.45, 7) is 8.28. The lowest BCUT2D eigenvalue weighted by molar-refractivity contribution is -0.150. The maximum Gasteiger partial charge on any atom is 0.224 e. The van der Waals surface area contributed by atoms with Gasteiger partial charge in [0.05, 0.1) is 6.61 Å². The van der Waals surface area contributed by atoms with Crippen molar-refractivity contribution in [1.29, 1.82) is 0 Å². The van der Waals surface area contributed by atoms with Crippen LogP contribution in [-0.2, 0) is 9.53 Å². The molecule has 1 aliphatic rings. The number of hydrogen-bond donors (Lipinski definition) is 0. The third-order valence-corrected chi connectivity index (χ3v) is 2.24. The van der Waals surface area contributed by atoms with Crippen molar-refractivity contribution in [1.82, 2.24) is 4.90 Å². The average molecular weight is 195 g/mol. The predicted octanol–water partition coefficient (Wildman–Crippen LogP) is 1.71. The number of rotatable bonds is 5. The monoisotopic (exact) mass is 195 g/mol. The molecule has 1 fully saturated rings. The van der Waals surface area contributed by atoms with Gasteiger partial charge in [0.1, 0.15) is 6.23 Å². The second-order valence-electron chi connectivity index (χ2n) is 3.30. The molecule has 1 atom stereocenters. The van der Waals surface area contributed by atoms with E-state index in [1.54, 1.807) is 17.1 Å². The number of ether oxygens (including phenoxy) is 1. The Labute approximate surface area is 85.0 Å². The van der Waals surface area contributed by atoms with Crippen LogP contribution in [0.5, 0.6) is 0 Å².